The largest absolute Gasteiger partial charge is 0.312 e. The molecule has 1 aromatic heterocycles. The van der Waals surface area contributed by atoms with Gasteiger partial charge in [0.2, 0.25) is 0 Å². The maximum atomic E-state index is 4.47. The van der Waals surface area contributed by atoms with Crippen molar-refractivity contribution < 1.29 is 0 Å². The van der Waals surface area contributed by atoms with Gasteiger partial charge in [0.15, 0.2) is 0 Å². The van der Waals surface area contributed by atoms with Crippen molar-refractivity contribution in [1.29, 1.82) is 0 Å². The van der Waals surface area contributed by atoms with Crippen LogP contribution in [-0.2, 0) is 13.0 Å². The number of aryl methyl sites for hydroxylation is 3. The molecule has 3 heteroatoms. The van der Waals surface area contributed by atoms with Gasteiger partial charge >= 0.3 is 0 Å². The molecule has 1 heterocycles. The number of rotatable bonds is 6. The molecule has 0 aliphatic heterocycles. The molecule has 0 saturated carbocycles. The molecule has 0 radical (unpaired) electrons. The minimum absolute atomic E-state index is 0.238. The molecule has 0 bridgehead atoms. The maximum absolute atomic E-state index is 4.47. The molecule has 3 nitrogen and oxygen atoms in total. The van der Waals surface area contributed by atoms with Crippen LogP contribution < -0.4 is 5.32 Å². The van der Waals surface area contributed by atoms with Crippen LogP contribution >= 0.6 is 0 Å². The van der Waals surface area contributed by atoms with Crippen molar-refractivity contribution >= 4 is 0 Å². The van der Waals surface area contributed by atoms with Gasteiger partial charge in [-0.15, -0.1) is 0 Å². The van der Waals surface area contributed by atoms with E-state index in [0.29, 0.717) is 0 Å². The molecular weight excluding hydrogens is 210 g/mol. The molecule has 1 aromatic rings. The van der Waals surface area contributed by atoms with Crippen LogP contribution in [0.25, 0.3) is 0 Å². The second-order valence-corrected chi connectivity index (χ2v) is 5.73. The van der Waals surface area contributed by atoms with Gasteiger partial charge in [0.1, 0.15) is 0 Å². The third kappa shape index (κ3) is 5.35. The van der Waals surface area contributed by atoms with Crippen molar-refractivity contribution in [2.45, 2.75) is 66.0 Å². The van der Waals surface area contributed by atoms with Crippen LogP contribution in [0.1, 0.15) is 51.9 Å². The zero-order chi connectivity index (χ0) is 12.9. The van der Waals surface area contributed by atoms with Crippen LogP contribution in [0.2, 0.25) is 0 Å². The molecule has 1 N–H and O–H groups in total. The highest BCUT2D eigenvalue weighted by atomic mass is 15.3. The molecule has 0 aromatic carbocycles. The van der Waals surface area contributed by atoms with Gasteiger partial charge < -0.3 is 5.32 Å². The summed E-state index contributed by atoms with van der Waals surface area (Å²) in [5, 5.41) is 7.99. The fourth-order valence-electron chi connectivity index (χ4n) is 1.97. The fourth-order valence-corrected chi connectivity index (χ4v) is 1.97. The number of unbranched alkanes of at least 4 members (excludes halogenated alkanes) is 1. The number of aromatic nitrogens is 2. The molecule has 0 fully saturated rings. The molecule has 98 valence electrons. The smallest absolute Gasteiger partial charge is 0.0596 e. The average molecular weight is 237 g/mol. The summed E-state index contributed by atoms with van der Waals surface area (Å²) in [6, 6.07) is 2.21. The third-order valence-corrected chi connectivity index (χ3v) is 2.80. The molecular formula is C14H27N3. The topological polar surface area (TPSA) is 29.9 Å². The van der Waals surface area contributed by atoms with Gasteiger partial charge in [0.05, 0.1) is 5.69 Å². The Kier molecular flexibility index (Phi) is 5.19. The van der Waals surface area contributed by atoms with Gasteiger partial charge in [0, 0.05) is 17.8 Å². The van der Waals surface area contributed by atoms with Gasteiger partial charge in [0.25, 0.3) is 0 Å². The van der Waals surface area contributed by atoms with Crippen molar-refractivity contribution in [3.8, 4) is 0 Å². The van der Waals surface area contributed by atoms with Crippen molar-refractivity contribution in [2.75, 3.05) is 6.54 Å². The molecule has 0 aliphatic rings. The second kappa shape index (κ2) is 6.20. The predicted molar refractivity (Wildman–Crippen MR) is 73.3 cm³/mol. The van der Waals surface area contributed by atoms with Crippen LogP contribution in [0.4, 0.5) is 0 Å². The first-order chi connectivity index (χ1) is 7.92. The first-order valence-electron chi connectivity index (χ1n) is 6.71. The third-order valence-electron chi connectivity index (χ3n) is 2.80. The van der Waals surface area contributed by atoms with Crippen LogP contribution in [-0.4, -0.2) is 21.9 Å². The van der Waals surface area contributed by atoms with E-state index in [0.717, 1.165) is 25.2 Å². The molecule has 0 saturated heterocycles. The van der Waals surface area contributed by atoms with E-state index in [2.05, 4.69) is 55.8 Å². The van der Waals surface area contributed by atoms with E-state index in [1.165, 1.54) is 18.5 Å². The summed E-state index contributed by atoms with van der Waals surface area (Å²) < 4.78 is 2.12. The average Bonchev–Trinajstić information content (AvgIpc) is 2.57. The van der Waals surface area contributed by atoms with Crippen LogP contribution in [0, 0.1) is 6.92 Å². The first kappa shape index (κ1) is 14.2. The predicted octanol–water partition coefficient (Wildman–Crippen LogP) is 2.92. The second-order valence-electron chi connectivity index (χ2n) is 5.73. The van der Waals surface area contributed by atoms with Crippen molar-refractivity contribution in [1.82, 2.24) is 15.1 Å². The molecule has 0 aliphatic carbocycles. The highest BCUT2D eigenvalue weighted by Gasteiger charge is 2.08. The lowest BCUT2D eigenvalue weighted by atomic mass is 10.1. The molecule has 0 unspecified atom stereocenters. The number of nitrogens with zero attached hydrogens (tertiary/aromatic N) is 2. The summed E-state index contributed by atoms with van der Waals surface area (Å²) in [6.07, 6.45) is 3.60. The van der Waals surface area contributed by atoms with E-state index in [9.17, 15) is 0 Å². The summed E-state index contributed by atoms with van der Waals surface area (Å²) in [6.45, 7) is 12.9. The lowest BCUT2D eigenvalue weighted by molar-refractivity contribution is 0.418. The Hall–Kier alpha value is -0.830. The Morgan fingerprint density at radius 1 is 1.29 bits per heavy atom. The highest BCUT2D eigenvalue weighted by Crippen LogP contribution is 2.08. The van der Waals surface area contributed by atoms with Gasteiger partial charge in [-0.2, -0.15) is 5.10 Å². The number of hydrogen-bond acceptors (Lipinski definition) is 2. The van der Waals surface area contributed by atoms with Crippen LogP contribution in [0.5, 0.6) is 0 Å². The van der Waals surface area contributed by atoms with Gasteiger partial charge in [-0.25, -0.2) is 0 Å². The minimum atomic E-state index is 0.238. The van der Waals surface area contributed by atoms with Crippen molar-refractivity contribution in [3.63, 3.8) is 0 Å². The summed E-state index contributed by atoms with van der Waals surface area (Å²) in [5.41, 5.74) is 2.75. The quantitative estimate of drug-likeness (QED) is 0.771. The zero-order valence-electron chi connectivity index (χ0n) is 12.0. The fraction of sp³-hybridized carbons (Fsp3) is 0.786. The SMILES string of the molecule is CCn1nc(C)cc1CCCCNC(C)(C)C. The Morgan fingerprint density at radius 3 is 2.59 bits per heavy atom. The van der Waals surface area contributed by atoms with Gasteiger partial charge in [-0.3, -0.25) is 4.68 Å². The van der Waals surface area contributed by atoms with Crippen molar-refractivity contribution in [2.24, 2.45) is 0 Å². The monoisotopic (exact) mass is 237 g/mol. The molecule has 1 rings (SSSR count). The van der Waals surface area contributed by atoms with E-state index >= 15 is 0 Å². The molecule has 0 amide bonds. The Balaban J connectivity index is 2.26. The zero-order valence-corrected chi connectivity index (χ0v) is 12.0. The van der Waals surface area contributed by atoms with Gasteiger partial charge in [-0.1, -0.05) is 0 Å². The molecule has 0 spiro atoms. The lowest BCUT2D eigenvalue weighted by Crippen LogP contribution is -2.36. The van der Waals surface area contributed by atoms with E-state index < -0.39 is 0 Å². The lowest BCUT2D eigenvalue weighted by Gasteiger charge is -2.20. The van der Waals surface area contributed by atoms with E-state index in [4.69, 9.17) is 0 Å². The van der Waals surface area contributed by atoms with Crippen LogP contribution in [0.15, 0.2) is 6.07 Å². The Labute approximate surface area is 106 Å². The highest BCUT2D eigenvalue weighted by molar-refractivity contribution is 5.08. The van der Waals surface area contributed by atoms with Gasteiger partial charge in [-0.05, 0) is 66.5 Å². The molecule has 0 atom stereocenters. The summed E-state index contributed by atoms with van der Waals surface area (Å²) in [4.78, 5) is 0. The Bertz CT molecular complexity index is 334. The van der Waals surface area contributed by atoms with E-state index in [-0.39, 0.29) is 5.54 Å². The normalized spacial score (nSPS) is 12.1. The summed E-state index contributed by atoms with van der Waals surface area (Å²) in [5.74, 6) is 0. The summed E-state index contributed by atoms with van der Waals surface area (Å²) in [7, 11) is 0. The maximum Gasteiger partial charge on any atom is 0.0596 e. The Morgan fingerprint density at radius 2 is 2.00 bits per heavy atom. The standard InChI is InChI=1S/C14H27N3/c1-6-17-13(11-12(2)16-17)9-7-8-10-15-14(3,4)5/h11,15H,6-10H2,1-5H3. The first-order valence-corrected chi connectivity index (χ1v) is 6.71. The van der Waals surface area contributed by atoms with E-state index in [1.807, 2.05) is 0 Å². The molecule has 17 heavy (non-hydrogen) atoms. The minimum Gasteiger partial charge on any atom is -0.312 e. The van der Waals surface area contributed by atoms with Crippen molar-refractivity contribution in [3.05, 3.63) is 17.5 Å². The van der Waals surface area contributed by atoms with Crippen LogP contribution in [0.3, 0.4) is 0 Å². The van der Waals surface area contributed by atoms with E-state index in [1.54, 1.807) is 0 Å². The summed E-state index contributed by atoms with van der Waals surface area (Å²) >= 11 is 0. The number of hydrogen-bond donors (Lipinski definition) is 1. The number of nitrogens with one attached hydrogen (secondary N) is 1.